The minimum Gasteiger partial charge on any atom is -0.490 e. The lowest BCUT2D eigenvalue weighted by molar-refractivity contribution is 0.179. The summed E-state index contributed by atoms with van der Waals surface area (Å²) in [5.74, 6) is 0.845. The van der Waals surface area contributed by atoms with Crippen LogP contribution < -0.4 is 10.1 Å². The fraction of sp³-hybridized carbons (Fsp3) is 0.750. The minimum atomic E-state index is 0.134. The maximum atomic E-state index is 5.73. The highest BCUT2D eigenvalue weighted by Crippen LogP contribution is 2.18. The molecule has 0 radical (unpaired) electrons. The Hall–Kier alpha value is -1.03. The van der Waals surface area contributed by atoms with Crippen molar-refractivity contribution >= 4 is 0 Å². The summed E-state index contributed by atoms with van der Waals surface area (Å²) >= 11 is 0. The lowest BCUT2D eigenvalue weighted by atomic mass is 9.95. The minimum absolute atomic E-state index is 0.134. The van der Waals surface area contributed by atoms with Crippen molar-refractivity contribution in [2.45, 2.75) is 33.7 Å². The molecule has 1 heterocycles. The smallest absolute Gasteiger partial charge is 0.157 e. The van der Waals surface area contributed by atoms with Crippen LogP contribution >= 0.6 is 0 Å². The maximum absolute atomic E-state index is 5.73. The van der Waals surface area contributed by atoms with Crippen LogP contribution in [0.4, 0.5) is 0 Å². The molecule has 4 nitrogen and oxygen atoms in total. The van der Waals surface area contributed by atoms with Crippen LogP contribution in [0, 0.1) is 5.41 Å². The summed E-state index contributed by atoms with van der Waals surface area (Å²) < 4.78 is 7.63. The molecule has 0 aromatic carbocycles. The Kier molecular flexibility index (Phi) is 4.35. The van der Waals surface area contributed by atoms with Crippen molar-refractivity contribution in [3.05, 3.63) is 12.4 Å². The molecule has 0 atom stereocenters. The van der Waals surface area contributed by atoms with Gasteiger partial charge in [-0.3, -0.25) is 4.68 Å². The standard InChI is InChI=1S/C12H23N3O/c1-10(2)15-7-11(6-14-15)16-9-12(3,4)8-13-5/h6-7,10,13H,8-9H2,1-5H3. The van der Waals surface area contributed by atoms with E-state index < -0.39 is 0 Å². The molecule has 0 aliphatic rings. The molecule has 0 aliphatic carbocycles. The van der Waals surface area contributed by atoms with E-state index in [4.69, 9.17) is 4.74 Å². The van der Waals surface area contributed by atoms with Crippen LogP contribution in [0.15, 0.2) is 12.4 Å². The molecule has 0 fully saturated rings. The van der Waals surface area contributed by atoms with Gasteiger partial charge < -0.3 is 10.1 Å². The Balaban J connectivity index is 2.48. The van der Waals surface area contributed by atoms with Crippen LogP contribution in [0.5, 0.6) is 5.75 Å². The fourth-order valence-corrected chi connectivity index (χ4v) is 1.49. The average molecular weight is 225 g/mol. The molecule has 1 N–H and O–H groups in total. The van der Waals surface area contributed by atoms with Gasteiger partial charge in [0.2, 0.25) is 0 Å². The molecule has 0 amide bonds. The molecule has 1 aromatic rings. The van der Waals surface area contributed by atoms with Crippen molar-refractivity contribution in [1.29, 1.82) is 0 Å². The van der Waals surface area contributed by atoms with Gasteiger partial charge in [0.05, 0.1) is 19.0 Å². The topological polar surface area (TPSA) is 39.1 Å². The molecule has 0 bridgehead atoms. The first-order chi connectivity index (χ1) is 7.44. The molecule has 1 aromatic heterocycles. The van der Waals surface area contributed by atoms with Crippen LogP contribution in [-0.4, -0.2) is 30.0 Å². The van der Waals surface area contributed by atoms with E-state index in [1.165, 1.54) is 0 Å². The van der Waals surface area contributed by atoms with Crippen LogP contribution in [0.1, 0.15) is 33.7 Å². The van der Waals surface area contributed by atoms with Gasteiger partial charge in [0.1, 0.15) is 0 Å². The summed E-state index contributed by atoms with van der Waals surface area (Å²) in [5, 5.41) is 7.41. The summed E-state index contributed by atoms with van der Waals surface area (Å²) in [5.41, 5.74) is 0.134. The zero-order chi connectivity index (χ0) is 12.2. The SMILES string of the molecule is CNCC(C)(C)COc1cnn(C(C)C)c1. The number of nitrogens with one attached hydrogen (secondary N) is 1. The molecule has 1 rings (SSSR count). The molecule has 0 aliphatic heterocycles. The van der Waals surface area contributed by atoms with Crippen molar-refractivity contribution in [2.24, 2.45) is 5.41 Å². The van der Waals surface area contributed by atoms with Crippen molar-refractivity contribution in [3.8, 4) is 5.75 Å². The van der Waals surface area contributed by atoms with Gasteiger partial charge >= 0.3 is 0 Å². The lowest BCUT2D eigenvalue weighted by Crippen LogP contribution is -2.32. The van der Waals surface area contributed by atoms with Gasteiger partial charge in [-0.25, -0.2) is 0 Å². The van der Waals surface area contributed by atoms with Gasteiger partial charge in [0.25, 0.3) is 0 Å². The molecule has 92 valence electrons. The van der Waals surface area contributed by atoms with Crippen molar-refractivity contribution in [3.63, 3.8) is 0 Å². The van der Waals surface area contributed by atoms with Gasteiger partial charge in [-0.1, -0.05) is 13.8 Å². The summed E-state index contributed by atoms with van der Waals surface area (Å²) in [7, 11) is 1.96. The molecular formula is C12H23N3O. The molecule has 0 saturated carbocycles. The highest BCUT2D eigenvalue weighted by Gasteiger charge is 2.18. The highest BCUT2D eigenvalue weighted by atomic mass is 16.5. The number of aromatic nitrogens is 2. The van der Waals surface area contributed by atoms with E-state index >= 15 is 0 Å². The summed E-state index contributed by atoms with van der Waals surface area (Å²) in [6.07, 6.45) is 3.72. The van der Waals surface area contributed by atoms with Crippen molar-refractivity contribution in [1.82, 2.24) is 15.1 Å². The Bertz CT molecular complexity index is 318. The van der Waals surface area contributed by atoms with E-state index in [1.807, 2.05) is 17.9 Å². The van der Waals surface area contributed by atoms with Crippen molar-refractivity contribution in [2.75, 3.05) is 20.2 Å². The Morgan fingerprint density at radius 1 is 1.50 bits per heavy atom. The van der Waals surface area contributed by atoms with Crippen LogP contribution in [0.3, 0.4) is 0 Å². The lowest BCUT2D eigenvalue weighted by Gasteiger charge is -2.23. The third kappa shape index (κ3) is 3.85. The predicted molar refractivity (Wildman–Crippen MR) is 65.8 cm³/mol. The van der Waals surface area contributed by atoms with Gasteiger partial charge in [0.15, 0.2) is 5.75 Å². The molecule has 4 heteroatoms. The quantitative estimate of drug-likeness (QED) is 0.805. The van der Waals surface area contributed by atoms with Crippen LogP contribution in [0.25, 0.3) is 0 Å². The molecular weight excluding hydrogens is 202 g/mol. The molecule has 0 unspecified atom stereocenters. The van der Waals surface area contributed by atoms with Gasteiger partial charge in [-0.2, -0.15) is 5.10 Å². The van der Waals surface area contributed by atoms with E-state index in [0.717, 1.165) is 12.3 Å². The van der Waals surface area contributed by atoms with E-state index in [-0.39, 0.29) is 5.41 Å². The van der Waals surface area contributed by atoms with Crippen molar-refractivity contribution < 1.29 is 4.74 Å². The largest absolute Gasteiger partial charge is 0.490 e. The van der Waals surface area contributed by atoms with Crippen LogP contribution in [-0.2, 0) is 0 Å². The zero-order valence-electron chi connectivity index (χ0n) is 10.9. The normalized spacial score (nSPS) is 12.1. The number of nitrogens with zero attached hydrogens (tertiary/aromatic N) is 2. The second-order valence-corrected chi connectivity index (χ2v) is 5.23. The first-order valence-electron chi connectivity index (χ1n) is 5.76. The zero-order valence-corrected chi connectivity index (χ0v) is 10.9. The van der Waals surface area contributed by atoms with Crippen LogP contribution in [0.2, 0.25) is 0 Å². The van der Waals surface area contributed by atoms with E-state index in [1.54, 1.807) is 6.20 Å². The first kappa shape index (κ1) is 13.0. The number of rotatable bonds is 6. The summed E-state index contributed by atoms with van der Waals surface area (Å²) in [4.78, 5) is 0. The molecule has 0 saturated heterocycles. The van der Waals surface area contributed by atoms with Gasteiger partial charge in [-0.05, 0) is 20.9 Å². The predicted octanol–water partition coefficient (Wildman–Crippen LogP) is 2.09. The third-order valence-electron chi connectivity index (χ3n) is 2.39. The van der Waals surface area contributed by atoms with Gasteiger partial charge in [0, 0.05) is 18.0 Å². The second-order valence-electron chi connectivity index (χ2n) is 5.23. The maximum Gasteiger partial charge on any atom is 0.157 e. The third-order valence-corrected chi connectivity index (χ3v) is 2.39. The number of ether oxygens (including phenoxy) is 1. The summed E-state index contributed by atoms with van der Waals surface area (Å²) in [6.45, 7) is 10.2. The summed E-state index contributed by atoms with van der Waals surface area (Å²) in [6, 6.07) is 0.377. The Morgan fingerprint density at radius 3 is 2.69 bits per heavy atom. The van der Waals surface area contributed by atoms with E-state index in [0.29, 0.717) is 12.6 Å². The Morgan fingerprint density at radius 2 is 2.19 bits per heavy atom. The van der Waals surface area contributed by atoms with E-state index in [2.05, 4.69) is 38.1 Å². The number of hydrogen-bond acceptors (Lipinski definition) is 3. The highest BCUT2D eigenvalue weighted by molar-refractivity contribution is 5.12. The van der Waals surface area contributed by atoms with Gasteiger partial charge in [-0.15, -0.1) is 0 Å². The Labute approximate surface area is 98.0 Å². The van der Waals surface area contributed by atoms with E-state index in [9.17, 15) is 0 Å². The molecule has 16 heavy (non-hydrogen) atoms. The number of hydrogen-bond donors (Lipinski definition) is 1. The first-order valence-corrected chi connectivity index (χ1v) is 5.76. The molecule has 0 spiro atoms. The second kappa shape index (κ2) is 5.34. The fourth-order valence-electron chi connectivity index (χ4n) is 1.49. The average Bonchev–Trinajstić information content (AvgIpc) is 2.63. The monoisotopic (exact) mass is 225 g/mol.